The summed E-state index contributed by atoms with van der Waals surface area (Å²) in [6, 6.07) is 14.8. The third kappa shape index (κ3) is 4.31. The average molecular weight is 361 g/mol. The summed E-state index contributed by atoms with van der Waals surface area (Å²) in [6.07, 6.45) is 3.50. The van der Waals surface area contributed by atoms with Gasteiger partial charge in [-0.05, 0) is 42.5 Å². The Kier molecular flexibility index (Phi) is 5.44. The van der Waals surface area contributed by atoms with Gasteiger partial charge in [0.25, 0.3) is 0 Å². The van der Waals surface area contributed by atoms with E-state index in [4.69, 9.17) is 23.2 Å². The van der Waals surface area contributed by atoms with Crippen LogP contribution in [-0.2, 0) is 0 Å². The maximum atomic E-state index is 12.1. The van der Waals surface area contributed by atoms with Crippen molar-refractivity contribution in [3.8, 4) is 0 Å². The quantitative estimate of drug-likeness (QED) is 0.591. The number of ketones is 1. The number of allylic oxidation sites excluding steroid dienone is 1. The topological polar surface area (TPSA) is 23.6 Å². The number of piperazine rings is 1. The summed E-state index contributed by atoms with van der Waals surface area (Å²) in [6.45, 7) is 3.55. The van der Waals surface area contributed by atoms with E-state index in [-0.39, 0.29) is 5.78 Å². The smallest absolute Gasteiger partial charge is 0.187 e. The lowest BCUT2D eigenvalue weighted by Gasteiger charge is -2.35. The van der Waals surface area contributed by atoms with Crippen LogP contribution < -0.4 is 4.90 Å². The first-order chi connectivity index (χ1) is 11.6. The molecule has 0 atom stereocenters. The highest BCUT2D eigenvalue weighted by atomic mass is 35.5. The fraction of sp³-hybridized carbons (Fsp3) is 0.211. The molecule has 0 aliphatic carbocycles. The molecule has 1 aliphatic heterocycles. The zero-order chi connectivity index (χ0) is 16.9. The molecule has 1 heterocycles. The number of nitrogens with zero attached hydrogens (tertiary/aromatic N) is 2. The third-order valence-electron chi connectivity index (χ3n) is 4.05. The molecule has 0 amide bonds. The average Bonchev–Trinajstić information content (AvgIpc) is 2.61. The van der Waals surface area contributed by atoms with E-state index in [2.05, 4.69) is 15.9 Å². The van der Waals surface area contributed by atoms with Crippen molar-refractivity contribution in [3.05, 3.63) is 76.4 Å². The fourth-order valence-electron chi connectivity index (χ4n) is 2.69. The Balaban J connectivity index is 1.55. The summed E-state index contributed by atoms with van der Waals surface area (Å²) >= 11 is 11.9. The largest absolute Gasteiger partial charge is 0.374 e. The maximum absolute atomic E-state index is 12.1. The number of hydrogen-bond donors (Lipinski definition) is 0. The van der Waals surface area contributed by atoms with Gasteiger partial charge in [0.05, 0.1) is 0 Å². The number of anilines is 1. The molecule has 0 bridgehead atoms. The number of carbonyl (C=O) groups excluding carboxylic acids is 1. The van der Waals surface area contributed by atoms with Gasteiger partial charge in [-0.2, -0.15) is 0 Å². The van der Waals surface area contributed by atoms with Crippen molar-refractivity contribution in [2.75, 3.05) is 31.1 Å². The standard InChI is InChI=1S/C19H18Cl2N2O/c20-16-6-4-15(5-7-16)19(24)8-9-22-10-12-23(13-11-22)18-3-1-2-17(21)14-18/h1-9,14H,10-13H2. The minimum atomic E-state index is -0.0102. The Bertz CT molecular complexity index is 735. The first-order valence-electron chi connectivity index (χ1n) is 7.84. The van der Waals surface area contributed by atoms with Crippen molar-refractivity contribution in [3.63, 3.8) is 0 Å². The van der Waals surface area contributed by atoms with Gasteiger partial charge in [0.2, 0.25) is 0 Å². The molecule has 0 unspecified atom stereocenters. The predicted molar refractivity (Wildman–Crippen MR) is 100 cm³/mol. The zero-order valence-electron chi connectivity index (χ0n) is 13.2. The molecule has 124 valence electrons. The van der Waals surface area contributed by atoms with Crippen molar-refractivity contribution in [1.82, 2.24) is 4.90 Å². The predicted octanol–water partition coefficient (Wildman–Crippen LogP) is 4.51. The number of hydrogen-bond acceptors (Lipinski definition) is 3. The van der Waals surface area contributed by atoms with Crippen LogP contribution in [0.15, 0.2) is 60.8 Å². The van der Waals surface area contributed by atoms with E-state index in [0.29, 0.717) is 10.6 Å². The van der Waals surface area contributed by atoms with Gasteiger partial charge in [-0.1, -0.05) is 29.3 Å². The monoisotopic (exact) mass is 360 g/mol. The van der Waals surface area contributed by atoms with E-state index in [1.54, 1.807) is 30.3 Å². The van der Waals surface area contributed by atoms with Gasteiger partial charge in [0.1, 0.15) is 0 Å². The van der Waals surface area contributed by atoms with Crippen LogP contribution in [0.25, 0.3) is 0 Å². The molecule has 2 aromatic carbocycles. The molecular weight excluding hydrogens is 343 g/mol. The van der Waals surface area contributed by atoms with Gasteiger partial charge >= 0.3 is 0 Å². The van der Waals surface area contributed by atoms with E-state index in [9.17, 15) is 4.79 Å². The van der Waals surface area contributed by atoms with E-state index in [1.165, 1.54) is 0 Å². The van der Waals surface area contributed by atoms with Crippen LogP contribution in [0.1, 0.15) is 10.4 Å². The van der Waals surface area contributed by atoms with E-state index in [1.807, 2.05) is 24.4 Å². The van der Waals surface area contributed by atoms with Crippen molar-refractivity contribution in [2.24, 2.45) is 0 Å². The number of carbonyl (C=O) groups is 1. The highest BCUT2D eigenvalue weighted by Crippen LogP contribution is 2.20. The molecule has 0 spiro atoms. The molecule has 0 radical (unpaired) electrons. The molecule has 3 nitrogen and oxygen atoms in total. The van der Waals surface area contributed by atoms with Crippen LogP contribution in [0.3, 0.4) is 0 Å². The van der Waals surface area contributed by atoms with Crippen LogP contribution >= 0.6 is 23.2 Å². The molecule has 1 aliphatic rings. The summed E-state index contributed by atoms with van der Waals surface area (Å²) in [4.78, 5) is 16.6. The van der Waals surface area contributed by atoms with Crippen molar-refractivity contribution in [1.29, 1.82) is 0 Å². The second kappa shape index (κ2) is 7.73. The van der Waals surface area contributed by atoms with Gasteiger partial charge < -0.3 is 9.80 Å². The molecule has 24 heavy (non-hydrogen) atoms. The molecular formula is C19H18Cl2N2O. The summed E-state index contributed by atoms with van der Waals surface area (Å²) in [5.74, 6) is -0.0102. The Morgan fingerprint density at radius 3 is 2.29 bits per heavy atom. The molecule has 5 heteroatoms. The van der Waals surface area contributed by atoms with Crippen LogP contribution in [-0.4, -0.2) is 36.9 Å². The lowest BCUT2D eigenvalue weighted by molar-refractivity contribution is 0.104. The van der Waals surface area contributed by atoms with Crippen molar-refractivity contribution >= 4 is 34.7 Å². The minimum Gasteiger partial charge on any atom is -0.374 e. The van der Waals surface area contributed by atoms with Crippen molar-refractivity contribution in [2.45, 2.75) is 0 Å². The van der Waals surface area contributed by atoms with Crippen LogP contribution in [0.2, 0.25) is 10.0 Å². The Morgan fingerprint density at radius 2 is 1.62 bits per heavy atom. The van der Waals surface area contributed by atoms with E-state index in [0.717, 1.165) is 36.9 Å². The van der Waals surface area contributed by atoms with Crippen LogP contribution in [0, 0.1) is 0 Å². The maximum Gasteiger partial charge on any atom is 0.187 e. The Morgan fingerprint density at radius 1 is 0.917 bits per heavy atom. The number of rotatable bonds is 4. The van der Waals surface area contributed by atoms with Gasteiger partial charge in [-0.3, -0.25) is 4.79 Å². The van der Waals surface area contributed by atoms with Crippen LogP contribution in [0.4, 0.5) is 5.69 Å². The number of benzene rings is 2. The molecule has 1 fully saturated rings. The highest BCUT2D eigenvalue weighted by Gasteiger charge is 2.15. The van der Waals surface area contributed by atoms with Gasteiger partial charge in [-0.25, -0.2) is 0 Å². The molecule has 1 saturated heterocycles. The lowest BCUT2D eigenvalue weighted by Crippen LogP contribution is -2.44. The normalized spacial score (nSPS) is 15.1. The van der Waals surface area contributed by atoms with Crippen LogP contribution in [0.5, 0.6) is 0 Å². The molecule has 3 rings (SSSR count). The van der Waals surface area contributed by atoms with E-state index >= 15 is 0 Å². The van der Waals surface area contributed by atoms with Gasteiger partial charge in [-0.15, -0.1) is 0 Å². The molecule has 0 N–H and O–H groups in total. The molecule has 0 saturated carbocycles. The molecule has 2 aromatic rings. The minimum absolute atomic E-state index is 0.0102. The summed E-state index contributed by atoms with van der Waals surface area (Å²) in [7, 11) is 0. The van der Waals surface area contributed by atoms with Gasteiger partial charge in [0.15, 0.2) is 5.78 Å². The Hall–Kier alpha value is -1.97. The SMILES string of the molecule is O=C(C=CN1CCN(c2cccc(Cl)c2)CC1)c1ccc(Cl)cc1. The first kappa shape index (κ1) is 16.9. The summed E-state index contributed by atoms with van der Waals surface area (Å²) in [5.41, 5.74) is 1.79. The van der Waals surface area contributed by atoms with Gasteiger partial charge in [0, 0.05) is 59.8 Å². The second-order valence-electron chi connectivity index (χ2n) is 5.69. The number of halogens is 2. The third-order valence-corrected chi connectivity index (χ3v) is 4.54. The lowest BCUT2D eigenvalue weighted by atomic mass is 10.1. The second-order valence-corrected chi connectivity index (χ2v) is 6.56. The summed E-state index contributed by atoms with van der Waals surface area (Å²) in [5, 5.41) is 1.39. The molecule has 0 aromatic heterocycles. The zero-order valence-corrected chi connectivity index (χ0v) is 14.7. The first-order valence-corrected chi connectivity index (χ1v) is 8.60. The van der Waals surface area contributed by atoms with E-state index < -0.39 is 0 Å². The van der Waals surface area contributed by atoms with Crippen molar-refractivity contribution < 1.29 is 4.79 Å². The Labute approximate surface area is 152 Å². The fourth-order valence-corrected chi connectivity index (χ4v) is 3.00. The highest BCUT2D eigenvalue weighted by molar-refractivity contribution is 6.31. The summed E-state index contributed by atoms with van der Waals surface area (Å²) < 4.78 is 0.